The van der Waals surface area contributed by atoms with Crippen LogP contribution >= 0.6 is 9.03 Å². The van der Waals surface area contributed by atoms with Crippen molar-refractivity contribution >= 4 is 21.0 Å². The van der Waals surface area contributed by atoms with Crippen molar-refractivity contribution in [1.82, 2.24) is 0 Å². The molecule has 0 aliphatic carbocycles. The Morgan fingerprint density at radius 1 is 0.789 bits per heavy atom. The van der Waals surface area contributed by atoms with Gasteiger partial charge in [0.2, 0.25) is 0 Å². The molecule has 0 N–H and O–H groups in total. The lowest BCUT2D eigenvalue weighted by Gasteiger charge is -2.17. The SMILES string of the molecule is CC(C)(C)C(=O)OCOPOCOC(=O)C(C)(C)C. The molecule has 0 aliphatic heterocycles. The van der Waals surface area contributed by atoms with Gasteiger partial charge < -0.3 is 9.47 Å². The minimum absolute atomic E-state index is 0.179. The van der Waals surface area contributed by atoms with Crippen LogP contribution in [-0.4, -0.2) is 25.5 Å². The molecule has 0 radical (unpaired) electrons. The van der Waals surface area contributed by atoms with Gasteiger partial charge in [-0.05, 0) is 41.5 Å². The third-order valence-electron chi connectivity index (χ3n) is 1.84. The highest BCUT2D eigenvalue weighted by Crippen LogP contribution is 2.19. The predicted octanol–water partition coefficient (Wildman–Crippen LogP) is 2.62. The number of carbonyl (C=O) groups excluding carboxylic acids is 2. The van der Waals surface area contributed by atoms with E-state index in [1.54, 1.807) is 41.5 Å². The zero-order chi connectivity index (χ0) is 15.1. The number of hydrogen-bond donors (Lipinski definition) is 0. The maximum atomic E-state index is 11.3. The monoisotopic (exact) mass is 294 g/mol. The normalized spacial score (nSPS) is 12.1. The van der Waals surface area contributed by atoms with Crippen LogP contribution in [0.1, 0.15) is 41.5 Å². The summed E-state index contributed by atoms with van der Waals surface area (Å²) in [6.45, 7) is 10.1. The quantitative estimate of drug-likeness (QED) is 0.324. The summed E-state index contributed by atoms with van der Waals surface area (Å²) in [5.74, 6) is -0.701. The molecule has 0 fully saturated rings. The Bertz CT molecular complexity index is 272. The highest BCUT2D eigenvalue weighted by atomic mass is 31.1. The Morgan fingerprint density at radius 3 is 1.37 bits per heavy atom. The van der Waals surface area contributed by atoms with Crippen LogP contribution in [0.2, 0.25) is 0 Å². The van der Waals surface area contributed by atoms with Gasteiger partial charge in [-0.1, -0.05) is 0 Å². The summed E-state index contributed by atoms with van der Waals surface area (Å²) in [6, 6.07) is 0. The lowest BCUT2D eigenvalue weighted by atomic mass is 9.98. The van der Waals surface area contributed by atoms with Gasteiger partial charge in [0.25, 0.3) is 0 Å². The first kappa shape index (κ1) is 18.3. The summed E-state index contributed by atoms with van der Waals surface area (Å²) in [5.41, 5.74) is -1.12. The van der Waals surface area contributed by atoms with Gasteiger partial charge in [-0.25, -0.2) is 0 Å². The molecule has 0 unspecified atom stereocenters. The van der Waals surface area contributed by atoms with Crippen LogP contribution in [0, 0.1) is 10.8 Å². The first-order valence-electron chi connectivity index (χ1n) is 5.88. The molecule has 0 spiro atoms. The van der Waals surface area contributed by atoms with Gasteiger partial charge in [-0.3, -0.25) is 18.6 Å². The zero-order valence-electron chi connectivity index (χ0n) is 12.4. The summed E-state index contributed by atoms with van der Waals surface area (Å²) in [6.07, 6.45) is 0. The van der Waals surface area contributed by atoms with Crippen molar-refractivity contribution < 1.29 is 28.1 Å². The molecule has 112 valence electrons. The molecule has 0 aliphatic rings. The highest BCUT2D eigenvalue weighted by Gasteiger charge is 2.23. The molecule has 0 aromatic heterocycles. The van der Waals surface area contributed by atoms with Crippen LogP contribution in [0.15, 0.2) is 0 Å². The molecule has 0 amide bonds. The molecule has 19 heavy (non-hydrogen) atoms. The molecule has 0 heterocycles. The van der Waals surface area contributed by atoms with Gasteiger partial charge in [0.05, 0.1) is 10.8 Å². The van der Waals surface area contributed by atoms with Crippen LogP contribution in [0.4, 0.5) is 0 Å². The average molecular weight is 294 g/mol. The van der Waals surface area contributed by atoms with Gasteiger partial charge in [-0.15, -0.1) is 0 Å². The Balaban J connectivity index is 3.53. The van der Waals surface area contributed by atoms with Crippen LogP contribution in [-0.2, 0) is 28.1 Å². The van der Waals surface area contributed by atoms with E-state index < -0.39 is 10.8 Å². The molecule has 0 aromatic rings. The van der Waals surface area contributed by atoms with Gasteiger partial charge in [0.1, 0.15) is 0 Å². The molecule has 0 aromatic carbocycles. The largest absolute Gasteiger partial charge is 0.438 e. The van der Waals surface area contributed by atoms with Crippen molar-refractivity contribution in [3.8, 4) is 0 Å². The van der Waals surface area contributed by atoms with Crippen molar-refractivity contribution in [3.63, 3.8) is 0 Å². The fraction of sp³-hybridized carbons (Fsp3) is 0.833. The van der Waals surface area contributed by atoms with Crippen LogP contribution in [0.5, 0.6) is 0 Å². The standard InChI is InChI=1S/C12H23O6P/c1-11(2,3)9(13)15-7-17-19-18-8-16-10(14)12(4,5)6/h19H,7-8H2,1-6H3. The van der Waals surface area contributed by atoms with Gasteiger partial charge in [0.15, 0.2) is 22.6 Å². The van der Waals surface area contributed by atoms with E-state index in [9.17, 15) is 9.59 Å². The lowest BCUT2D eigenvalue weighted by Crippen LogP contribution is -2.24. The Hall–Kier alpha value is -0.710. The van der Waals surface area contributed by atoms with Gasteiger partial charge >= 0.3 is 11.9 Å². The number of carbonyl (C=O) groups is 2. The first-order chi connectivity index (χ1) is 8.55. The topological polar surface area (TPSA) is 71.1 Å². The smallest absolute Gasteiger partial charge is 0.313 e. The molecular weight excluding hydrogens is 271 g/mol. The lowest BCUT2D eigenvalue weighted by molar-refractivity contribution is -0.160. The highest BCUT2D eigenvalue weighted by molar-refractivity contribution is 7.26. The zero-order valence-corrected chi connectivity index (χ0v) is 13.4. The Morgan fingerprint density at radius 2 is 1.11 bits per heavy atom. The molecule has 6 nitrogen and oxygen atoms in total. The molecule has 0 saturated carbocycles. The third kappa shape index (κ3) is 8.92. The summed E-state index contributed by atoms with van der Waals surface area (Å²) in [4.78, 5) is 22.7. The fourth-order valence-corrected chi connectivity index (χ4v) is 0.986. The minimum Gasteiger partial charge on any atom is -0.438 e. The summed E-state index contributed by atoms with van der Waals surface area (Å²) >= 11 is 0. The molecule has 7 heteroatoms. The summed E-state index contributed by atoms with van der Waals surface area (Å²) in [5, 5.41) is 0. The summed E-state index contributed by atoms with van der Waals surface area (Å²) < 4.78 is 19.6. The second-order valence-corrected chi connectivity index (χ2v) is 6.72. The van der Waals surface area contributed by atoms with Crippen molar-refractivity contribution in [3.05, 3.63) is 0 Å². The van der Waals surface area contributed by atoms with E-state index in [4.69, 9.17) is 18.5 Å². The van der Waals surface area contributed by atoms with Crippen molar-refractivity contribution in [1.29, 1.82) is 0 Å². The summed E-state index contributed by atoms with van der Waals surface area (Å²) in [7, 11) is -0.356. The van der Waals surface area contributed by atoms with Crippen molar-refractivity contribution in [2.45, 2.75) is 41.5 Å². The van der Waals surface area contributed by atoms with E-state index in [2.05, 4.69) is 0 Å². The predicted molar refractivity (Wildman–Crippen MR) is 71.3 cm³/mol. The van der Waals surface area contributed by atoms with E-state index in [0.717, 1.165) is 0 Å². The molecule has 0 atom stereocenters. The Labute approximate surface area is 116 Å². The Kier molecular flexibility index (Phi) is 7.49. The molecule has 0 rings (SSSR count). The van der Waals surface area contributed by atoms with Crippen LogP contribution < -0.4 is 0 Å². The number of rotatable bonds is 6. The molecular formula is C12H23O6P. The van der Waals surface area contributed by atoms with Crippen LogP contribution in [0.25, 0.3) is 0 Å². The van der Waals surface area contributed by atoms with E-state index >= 15 is 0 Å². The van der Waals surface area contributed by atoms with E-state index in [-0.39, 0.29) is 34.6 Å². The van der Waals surface area contributed by atoms with E-state index in [1.807, 2.05) is 0 Å². The van der Waals surface area contributed by atoms with E-state index in [1.165, 1.54) is 0 Å². The number of hydrogen-bond acceptors (Lipinski definition) is 6. The first-order valence-corrected chi connectivity index (χ1v) is 6.70. The van der Waals surface area contributed by atoms with Crippen molar-refractivity contribution in [2.75, 3.05) is 13.6 Å². The van der Waals surface area contributed by atoms with Gasteiger partial charge in [0, 0.05) is 0 Å². The second-order valence-electron chi connectivity index (χ2n) is 5.97. The average Bonchev–Trinajstić information content (AvgIpc) is 2.24. The maximum absolute atomic E-state index is 11.3. The van der Waals surface area contributed by atoms with Gasteiger partial charge in [-0.2, -0.15) is 0 Å². The molecule has 0 bridgehead atoms. The van der Waals surface area contributed by atoms with E-state index in [0.29, 0.717) is 0 Å². The maximum Gasteiger partial charge on any atom is 0.313 e. The number of esters is 2. The second kappa shape index (κ2) is 7.78. The fourth-order valence-electron chi connectivity index (χ4n) is 0.689. The molecule has 0 saturated heterocycles. The van der Waals surface area contributed by atoms with Crippen molar-refractivity contribution in [2.24, 2.45) is 10.8 Å². The van der Waals surface area contributed by atoms with Crippen LogP contribution in [0.3, 0.4) is 0 Å². The number of ether oxygens (including phenoxy) is 2. The third-order valence-corrected chi connectivity index (χ3v) is 2.31. The minimum atomic E-state index is -0.560.